The Morgan fingerprint density at radius 2 is 1.45 bits per heavy atom. The minimum Gasteiger partial charge on any atom is -0.451 e. The van der Waals surface area contributed by atoms with Crippen LogP contribution in [0.5, 0.6) is 0 Å². The highest BCUT2D eigenvalue weighted by Crippen LogP contribution is 2.61. The molecule has 192 valence electrons. The Labute approximate surface area is 221 Å². The molecule has 1 heterocycles. The van der Waals surface area contributed by atoms with Gasteiger partial charge in [-0.15, -0.1) is 0 Å². The summed E-state index contributed by atoms with van der Waals surface area (Å²) < 4.78 is 5.41. The molecule has 3 fully saturated rings. The van der Waals surface area contributed by atoms with Gasteiger partial charge in [0.15, 0.2) is 6.10 Å². The van der Waals surface area contributed by atoms with E-state index < -0.39 is 12.1 Å². The molecule has 2 amide bonds. The second-order valence-corrected chi connectivity index (χ2v) is 10.8. The largest absolute Gasteiger partial charge is 0.451 e. The highest BCUT2D eigenvalue weighted by molar-refractivity contribution is 6.22. The van der Waals surface area contributed by atoms with Gasteiger partial charge in [0.1, 0.15) is 0 Å². The Balaban J connectivity index is 1.15. The molecule has 6 heteroatoms. The molecular formula is C32H29NO5. The van der Waals surface area contributed by atoms with E-state index in [1.54, 1.807) is 31.2 Å². The summed E-state index contributed by atoms with van der Waals surface area (Å²) >= 11 is 0. The van der Waals surface area contributed by atoms with E-state index in [-0.39, 0.29) is 46.8 Å². The lowest BCUT2D eigenvalue weighted by molar-refractivity contribution is -0.123. The molecule has 0 aromatic heterocycles. The predicted octanol–water partition coefficient (Wildman–Crippen LogP) is 5.35. The maximum absolute atomic E-state index is 13.5. The number of hydrogen-bond donors (Lipinski definition) is 0. The third-order valence-electron chi connectivity index (χ3n) is 8.59. The van der Waals surface area contributed by atoms with Gasteiger partial charge in [-0.3, -0.25) is 19.3 Å². The summed E-state index contributed by atoms with van der Waals surface area (Å²) in [7, 11) is 0. The second kappa shape index (κ2) is 9.35. The number of carbonyl (C=O) groups is 4. The highest BCUT2D eigenvalue weighted by atomic mass is 16.5. The zero-order valence-corrected chi connectivity index (χ0v) is 21.4. The van der Waals surface area contributed by atoms with Gasteiger partial charge >= 0.3 is 5.97 Å². The summed E-state index contributed by atoms with van der Waals surface area (Å²) in [5.74, 6) is -1.03. The van der Waals surface area contributed by atoms with Gasteiger partial charge in [0.25, 0.3) is 0 Å². The van der Waals surface area contributed by atoms with Crippen molar-refractivity contribution in [1.29, 1.82) is 0 Å². The molecule has 3 aliphatic rings. The maximum atomic E-state index is 13.5. The van der Waals surface area contributed by atoms with E-state index in [2.05, 4.69) is 12.1 Å². The average Bonchev–Trinajstić information content (AvgIpc) is 3.60. The van der Waals surface area contributed by atoms with Gasteiger partial charge in [-0.25, -0.2) is 4.79 Å². The summed E-state index contributed by atoms with van der Waals surface area (Å²) in [5.41, 5.74) is 3.47. The lowest BCUT2D eigenvalue weighted by atomic mass is 9.73. The van der Waals surface area contributed by atoms with Crippen LogP contribution in [0.1, 0.15) is 57.5 Å². The van der Waals surface area contributed by atoms with Crippen LogP contribution in [0, 0.1) is 30.6 Å². The van der Waals surface area contributed by atoms with Crippen molar-refractivity contribution >= 4 is 29.3 Å². The van der Waals surface area contributed by atoms with Gasteiger partial charge in [-0.05, 0) is 74.3 Å². The van der Waals surface area contributed by atoms with Crippen LogP contribution < -0.4 is 4.90 Å². The molecule has 0 N–H and O–H groups in total. The number of anilines is 1. The number of nitrogens with zero attached hydrogens (tertiary/aromatic N) is 1. The molecule has 0 unspecified atom stereocenters. The molecule has 6 rings (SSSR count). The van der Waals surface area contributed by atoms with Crippen LogP contribution in [-0.2, 0) is 14.3 Å². The summed E-state index contributed by atoms with van der Waals surface area (Å²) in [6.45, 7) is 3.48. The molecule has 0 radical (unpaired) electrons. The number of rotatable bonds is 6. The smallest absolute Gasteiger partial charge is 0.338 e. The molecule has 1 aliphatic heterocycles. The molecule has 6 nitrogen and oxygen atoms in total. The third-order valence-corrected chi connectivity index (χ3v) is 8.59. The van der Waals surface area contributed by atoms with Gasteiger partial charge in [0, 0.05) is 5.56 Å². The minimum atomic E-state index is -0.945. The summed E-state index contributed by atoms with van der Waals surface area (Å²) in [5, 5.41) is 0. The van der Waals surface area contributed by atoms with E-state index in [1.165, 1.54) is 22.6 Å². The van der Waals surface area contributed by atoms with E-state index in [0.717, 1.165) is 18.4 Å². The van der Waals surface area contributed by atoms with Crippen molar-refractivity contribution < 1.29 is 23.9 Å². The van der Waals surface area contributed by atoms with Crippen molar-refractivity contribution in [3.8, 4) is 0 Å². The molecule has 1 saturated heterocycles. The van der Waals surface area contributed by atoms with Crippen LogP contribution in [0.15, 0.2) is 78.9 Å². The Morgan fingerprint density at radius 3 is 2.13 bits per heavy atom. The fraction of sp³-hybridized carbons (Fsp3) is 0.312. The number of carbonyl (C=O) groups excluding carboxylic acids is 4. The van der Waals surface area contributed by atoms with E-state index in [4.69, 9.17) is 4.74 Å². The molecule has 6 atom stereocenters. The van der Waals surface area contributed by atoms with Crippen LogP contribution in [0.25, 0.3) is 0 Å². The topological polar surface area (TPSA) is 80.8 Å². The lowest BCUT2D eigenvalue weighted by Crippen LogP contribution is -2.33. The number of Topliss-reactive ketones (excluding diaryl/α,β-unsaturated/α-hetero) is 1. The maximum Gasteiger partial charge on any atom is 0.338 e. The molecule has 2 aliphatic carbocycles. The van der Waals surface area contributed by atoms with E-state index >= 15 is 0 Å². The van der Waals surface area contributed by atoms with Gasteiger partial charge < -0.3 is 4.74 Å². The number of hydrogen-bond acceptors (Lipinski definition) is 5. The molecule has 2 saturated carbocycles. The Bertz CT molecular complexity index is 1410. The number of ketones is 1. The zero-order valence-electron chi connectivity index (χ0n) is 21.4. The predicted molar refractivity (Wildman–Crippen MR) is 142 cm³/mol. The first-order valence-corrected chi connectivity index (χ1v) is 13.2. The first-order chi connectivity index (χ1) is 18.3. The van der Waals surface area contributed by atoms with Crippen molar-refractivity contribution in [2.45, 2.75) is 38.7 Å². The first kappa shape index (κ1) is 24.3. The van der Waals surface area contributed by atoms with Gasteiger partial charge in [-0.1, -0.05) is 60.2 Å². The molecule has 3 aromatic rings. The van der Waals surface area contributed by atoms with Gasteiger partial charge in [-0.2, -0.15) is 0 Å². The highest BCUT2D eigenvalue weighted by Gasteiger charge is 2.64. The van der Waals surface area contributed by atoms with Crippen LogP contribution in [-0.4, -0.2) is 29.7 Å². The summed E-state index contributed by atoms with van der Waals surface area (Å²) in [6.07, 6.45) is 0.913. The fourth-order valence-corrected chi connectivity index (χ4v) is 6.78. The van der Waals surface area contributed by atoms with Crippen LogP contribution in [0.2, 0.25) is 0 Å². The average molecular weight is 508 g/mol. The van der Waals surface area contributed by atoms with Gasteiger partial charge in [0.2, 0.25) is 17.6 Å². The number of amides is 2. The standard InChI is InChI=1S/C32H29NO5/c1-18-8-10-21(11-9-18)29(34)19(2)38-32(37)22-12-14-24(15-13-22)33-30(35)27-23-16-25(20-6-4-3-5-7-20)26(17-23)28(27)31(33)36/h3-15,19,23,25-28H,16-17H2,1-2H3/t19-,23-,25+,26+,27+,28-/m0/s1. The second-order valence-electron chi connectivity index (χ2n) is 10.8. The van der Waals surface area contributed by atoms with E-state index in [0.29, 0.717) is 17.2 Å². The monoisotopic (exact) mass is 507 g/mol. The van der Waals surface area contributed by atoms with Crippen molar-refractivity contribution in [3.63, 3.8) is 0 Å². The summed E-state index contributed by atoms with van der Waals surface area (Å²) in [4.78, 5) is 53.6. The van der Waals surface area contributed by atoms with Crippen molar-refractivity contribution in [2.24, 2.45) is 23.7 Å². The van der Waals surface area contributed by atoms with E-state index in [1.807, 2.05) is 37.3 Å². The fourth-order valence-electron chi connectivity index (χ4n) is 6.78. The SMILES string of the molecule is Cc1ccc(C(=O)[C@H](C)OC(=O)c2ccc(N3C(=O)[C@@H]4[C@@H]5C[C@@H]([C@@H]4C3=O)[C@@H](c3ccccc3)C5)cc2)cc1. The number of esters is 1. The number of benzene rings is 3. The Kier molecular flexibility index (Phi) is 5.98. The van der Waals surface area contributed by atoms with Gasteiger partial charge in [0.05, 0.1) is 23.1 Å². The van der Waals surface area contributed by atoms with Crippen molar-refractivity contribution in [1.82, 2.24) is 0 Å². The molecule has 38 heavy (non-hydrogen) atoms. The van der Waals surface area contributed by atoms with E-state index in [9.17, 15) is 19.2 Å². The molecule has 3 aromatic carbocycles. The van der Waals surface area contributed by atoms with Crippen LogP contribution >= 0.6 is 0 Å². The first-order valence-electron chi connectivity index (χ1n) is 13.2. The normalized spacial score (nSPS) is 26.4. The minimum absolute atomic E-state index is 0.133. The van der Waals surface area contributed by atoms with Crippen molar-refractivity contribution in [2.75, 3.05) is 4.90 Å². The Morgan fingerprint density at radius 1 is 0.816 bits per heavy atom. The quantitative estimate of drug-likeness (QED) is 0.255. The van der Waals surface area contributed by atoms with Crippen LogP contribution in [0.4, 0.5) is 5.69 Å². The zero-order chi connectivity index (χ0) is 26.6. The molecule has 0 spiro atoms. The third kappa shape index (κ3) is 3.95. The number of fused-ring (bicyclic) bond motifs is 5. The number of imide groups is 1. The molecule has 2 bridgehead atoms. The Hall–Kier alpha value is -4.06. The van der Waals surface area contributed by atoms with Crippen molar-refractivity contribution in [3.05, 3.63) is 101 Å². The lowest BCUT2D eigenvalue weighted by Gasteiger charge is -2.28. The number of aryl methyl sites for hydroxylation is 1. The summed E-state index contributed by atoms with van der Waals surface area (Å²) in [6, 6.07) is 23.7. The molecular weight excluding hydrogens is 478 g/mol. The van der Waals surface area contributed by atoms with Crippen LogP contribution in [0.3, 0.4) is 0 Å². The number of ether oxygens (including phenoxy) is 1.